The molecule has 1 aromatic carbocycles. The molecule has 33 heavy (non-hydrogen) atoms. The molecule has 1 atom stereocenters. The Morgan fingerprint density at radius 2 is 1.79 bits per heavy atom. The lowest BCUT2D eigenvalue weighted by atomic mass is 9.90. The standard InChI is InChI=1S/C22H31F2N5O2S.ClH/c1-6-7-17(25-18(30)12-14-10-15(23)13-16(24)11-14)19(31)26-21-28-27-20(32-21)22(2,3)8-9-29(4)5;/h10-11,13,17H,6-9,12H2,1-5H3,(H,25,30)(H,26,28,31);1H. The molecular weight excluding hydrogens is 472 g/mol. The fourth-order valence-corrected chi connectivity index (χ4v) is 3.93. The van der Waals surface area contributed by atoms with E-state index >= 15 is 0 Å². The summed E-state index contributed by atoms with van der Waals surface area (Å²) < 4.78 is 26.7. The molecule has 0 saturated heterocycles. The van der Waals surface area contributed by atoms with Crippen LogP contribution in [0.3, 0.4) is 0 Å². The zero-order chi connectivity index (χ0) is 23.9. The summed E-state index contributed by atoms with van der Waals surface area (Å²) in [7, 11) is 4.02. The maximum Gasteiger partial charge on any atom is 0.248 e. The molecule has 184 valence electrons. The number of aromatic nitrogens is 2. The van der Waals surface area contributed by atoms with Gasteiger partial charge < -0.3 is 10.2 Å². The number of carbonyl (C=O) groups is 2. The molecule has 2 N–H and O–H groups in total. The van der Waals surface area contributed by atoms with Crippen molar-refractivity contribution in [3.8, 4) is 0 Å². The Balaban J connectivity index is 0.00000544. The molecule has 0 fully saturated rings. The lowest BCUT2D eigenvalue weighted by Crippen LogP contribution is -2.44. The minimum Gasteiger partial charge on any atom is -0.344 e. The number of benzene rings is 1. The number of halogens is 3. The van der Waals surface area contributed by atoms with Gasteiger partial charge in [-0.25, -0.2) is 8.78 Å². The highest BCUT2D eigenvalue weighted by Gasteiger charge is 2.27. The molecule has 0 aliphatic rings. The van der Waals surface area contributed by atoms with Crippen molar-refractivity contribution >= 4 is 40.7 Å². The van der Waals surface area contributed by atoms with Crippen LogP contribution in [0.4, 0.5) is 13.9 Å². The highest BCUT2D eigenvalue weighted by Crippen LogP contribution is 2.31. The van der Waals surface area contributed by atoms with Gasteiger partial charge >= 0.3 is 0 Å². The minimum absolute atomic E-state index is 0. The summed E-state index contributed by atoms with van der Waals surface area (Å²) in [4.78, 5) is 27.2. The molecule has 0 bridgehead atoms. The van der Waals surface area contributed by atoms with Gasteiger partial charge in [-0.2, -0.15) is 0 Å². The van der Waals surface area contributed by atoms with Crippen LogP contribution in [-0.4, -0.2) is 53.6 Å². The molecule has 2 amide bonds. The maximum atomic E-state index is 13.4. The Morgan fingerprint density at radius 3 is 2.36 bits per heavy atom. The summed E-state index contributed by atoms with van der Waals surface area (Å²) in [5, 5.41) is 14.9. The van der Waals surface area contributed by atoms with Crippen molar-refractivity contribution in [2.45, 2.75) is 57.9 Å². The number of nitrogens with zero attached hydrogens (tertiary/aromatic N) is 3. The van der Waals surface area contributed by atoms with Gasteiger partial charge in [-0.05, 0) is 51.2 Å². The fraction of sp³-hybridized carbons (Fsp3) is 0.545. The molecule has 0 aliphatic carbocycles. The minimum atomic E-state index is -0.792. The van der Waals surface area contributed by atoms with Crippen molar-refractivity contribution in [3.05, 3.63) is 40.4 Å². The largest absolute Gasteiger partial charge is 0.344 e. The molecule has 1 heterocycles. The summed E-state index contributed by atoms with van der Waals surface area (Å²) in [6.45, 7) is 6.95. The van der Waals surface area contributed by atoms with Crippen molar-refractivity contribution in [3.63, 3.8) is 0 Å². The monoisotopic (exact) mass is 503 g/mol. The van der Waals surface area contributed by atoms with Crippen molar-refractivity contribution in [2.24, 2.45) is 0 Å². The highest BCUT2D eigenvalue weighted by atomic mass is 35.5. The molecule has 1 aromatic heterocycles. The number of amides is 2. The second-order valence-corrected chi connectivity index (χ2v) is 9.68. The number of hydrogen-bond donors (Lipinski definition) is 2. The molecule has 7 nitrogen and oxygen atoms in total. The van der Waals surface area contributed by atoms with Crippen LogP contribution in [0.5, 0.6) is 0 Å². The van der Waals surface area contributed by atoms with Crippen molar-refractivity contribution in [2.75, 3.05) is 26.0 Å². The number of nitrogens with one attached hydrogen (secondary N) is 2. The first kappa shape index (κ1) is 28.9. The number of rotatable bonds is 11. The third-order valence-corrected chi connectivity index (χ3v) is 6.14. The van der Waals surface area contributed by atoms with Crippen LogP contribution in [0.15, 0.2) is 18.2 Å². The summed E-state index contributed by atoms with van der Waals surface area (Å²) in [6.07, 6.45) is 1.73. The number of hydrogen-bond acceptors (Lipinski definition) is 6. The molecular formula is C22H32ClF2N5O2S. The van der Waals surface area contributed by atoms with Crippen molar-refractivity contribution in [1.29, 1.82) is 0 Å². The van der Waals surface area contributed by atoms with Gasteiger partial charge in [-0.1, -0.05) is 38.5 Å². The Kier molecular flexibility index (Phi) is 11.3. The van der Waals surface area contributed by atoms with Crippen LogP contribution >= 0.6 is 23.7 Å². The van der Waals surface area contributed by atoms with Gasteiger partial charge in [0.15, 0.2) is 0 Å². The first-order valence-electron chi connectivity index (χ1n) is 10.5. The van der Waals surface area contributed by atoms with Crippen LogP contribution in [0.25, 0.3) is 0 Å². The molecule has 0 aliphatic heterocycles. The lowest BCUT2D eigenvalue weighted by molar-refractivity contribution is -0.126. The average molecular weight is 504 g/mol. The van der Waals surface area contributed by atoms with E-state index in [1.54, 1.807) is 0 Å². The predicted octanol–water partition coefficient (Wildman–Crippen LogP) is 3.93. The molecule has 0 spiro atoms. The Morgan fingerprint density at radius 1 is 1.15 bits per heavy atom. The third kappa shape index (κ3) is 9.30. The molecule has 0 radical (unpaired) electrons. The third-order valence-electron chi connectivity index (χ3n) is 4.93. The van der Waals surface area contributed by atoms with Gasteiger partial charge in [-0.3, -0.25) is 14.9 Å². The summed E-state index contributed by atoms with van der Waals surface area (Å²) in [6, 6.07) is 2.14. The highest BCUT2D eigenvalue weighted by molar-refractivity contribution is 7.15. The predicted molar refractivity (Wildman–Crippen MR) is 129 cm³/mol. The summed E-state index contributed by atoms with van der Waals surface area (Å²) in [5.41, 5.74) is 0.00622. The summed E-state index contributed by atoms with van der Waals surface area (Å²) >= 11 is 1.31. The van der Waals surface area contributed by atoms with Gasteiger partial charge in [0.05, 0.1) is 6.42 Å². The zero-order valence-electron chi connectivity index (χ0n) is 19.6. The lowest BCUT2D eigenvalue weighted by Gasteiger charge is -2.23. The van der Waals surface area contributed by atoms with Gasteiger partial charge in [0.1, 0.15) is 22.7 Å². The van der Waals surface area contributed by atoms with E-state index in [0.29, 0.717) is 18.0 Å². The first-order chi connectivity index (χ1) is 15.0. The molecule has 1 unspecified atom stereocenters. The van der Waals surface area contributed by atoms with E-state index in [4.69, 9.17) is 0 Å². The Labute approximate surface area is 203 Å². The average Bonchev–Trinajstić information content (AvgIpc) is 3.14. The van der Waals surface area contributed by atoms with E-state index in [-0.39, 0.29) is 29.8 Å². The Hall–Kier alpha value is -2.17. The second-order valence-electron chi connectivity index (χ2n) is 8.70. The number of carbonyl (C=O) groups excluding carboxylic acids is 2. The zero-order valence-corrected chi connectivity index (χ0v) is 21.2. The van der Waals surface area contributed by atoms with Crippen LogP contribution in [0.2, 0.25) is 0 Å². The van der Waals surface area contributed by atoms with Gasteiger partial charge in [-0.15, -0.1) is 22.6 Å². The molecule has 11 heteroatoms. The molecule has 2 aromatic rings. The molecule has 2 rings (SSSR count). The van der Waals surface area contributed by atoms with Crippen molar-refractivity contribution in [1.82, 2.24) is 20.4 Å². The Bertz CT molecular complexity index is 919. The maximum absolute atomic E-state index is 13.4. The van der Waals surface area contributed by atoms with E-state index in [2.05, 4.69) is 39.6 Å². The first-order valence-corrected chi connectivity index (χ1v) is 11.4. The second kappa shape index (κ2) is 12.9. The number of anilines is 1. The summed E-state index contributed by atoms with van der Waals surface area (Å²) in [5.74, 6) is -2.40. The normalized spacial score (nSPS) is 12.2. The van der Waals surface area contributed by atoms with Crippen LogP contribution in [0.1, 0.15) is 50.6 Å². The van der Waals surface area contributed by atoms with Gasteiger partial charge in [0.25, 0.3) is 0 Å². The fourth-order valence-electron chi connectivity index (χ4n) is 3.05. The SMILES string of the molecule is CCCC(NC(=O)Cc1cc(F)cc(F)c1)C(=O)Nc1nnc(C(C)(C)CCN(C)C)s1.Cl. The van der Waals surface area contributed by atoms with E-state index in [1.165, 1.54) is 11.3 Å². The van der Waals surface area contributed by atoms with E-state index in [9.17, 15) is 18.4 Å². The van der Waals surface area contributed by atoms with Crippen LogP contribution in [-0.2, 0) is 21.4 Å². The van der Waals surface area contributed by atoms with Crippen LogP contribution < -0.4 is 10.6 Å². The van der Waals surface area contributed by atoms with E-state index in [1.807, 2.05) is 21.0 Å². The quantitative estimate of drug-likeness (QED) is 0.485. The van der Waals surface area contributed by atoms with Gasteiger partial charge in [0.2, 0.25) is 16.9 Å². The van der Waals surface area contributed by atoms with E-state index < -0.39 is 29.5 Å². The van der Waals surface area contributed by atoms with Gasteiger partial charge in [0, 0.05) is 11.5 Å². The van der Waals surface area contributed by atoms with E-state index in [0.717, 1.165) is 36.2 Å². The van der Waals surface area contributed by atoms with Crippen molar-refractivity contribution < 1.29 is 18.4 Å². The smallest absolute Gasteiger partial charge is 0.248 e. The molecule has 0 saturated carbocycles. The van der Waals surface area contributed by atoms with Crippen LogP contribution in [0, 0.1) is 11.6 Å². The topological polar surface area (TPSA) is 87.2 Å².